The van der Waals surface area contributed by atoms with Crippen molar-refractivity contribution in [1.29, 1.82) is 0 Å². The van der Waals surface area contributed by atoms with Gasteiger partial charge in [0.2, 0.25) is 11.7 Å². The number of carbonyl (C=O) groups is 1. The van der Waals surface area contributed by atoms with Gasteiger partial charge in [0.05, 0.1) is 0 Å². The summed E-state index contributed by atoms with van der Waals surface area (Å²) in [5.41, 5.74) is 0.815. The monoisotopic (exact) mass is 537 g/mol. The summed E-state index contributed by atoms with van der Waals surface area (Å²) in [6.45, 7) is 0.259. The van der Waals surface area contributed by atoms with Crippen LogP contribution >= 0.6 is 34.2 Å². The lowest BCUT2D eigenvalue weighted by atomic mass is 10.2. The van der Waals surface area contributed by atoms with E-state index in [1.807, 2.05) is 41.3 Å². The van der Waals surface area contributed by atoms with Crippen molar-refractivity contribution in [3.63, 3.8) is 0 Å². The molecular weight excluding hydrogens is 517 g/mol. The van der Waals surface area contributed by atoms with E-state index in [0.29, 0.717) is 22.5 Å². The quantitative estimate of drug-likeness (QED) is 0.380. The molecule has 0 N–H and O–H groups in total. The van der Waals surface area contributed by atoms with Crippen molar-refractivity contribution in [1.82, 2.24) is 15.0 Å². The van der Waals surface area contributed by atoms with Gasteiger partial charge in [-0.1, -0.05) is 29.6 Å². The highest BCUT2D eigenvalue weighted by molar-refractivity contribution is 14.1. The average Bonchev–Trinajstić information content (AvgIpc) is 3.44. The predicted octanol–water partition coefficient (Wildman–Crippen LogP) is 5.34. The third kappa shape index (κ3) is 5.31. The number of amides is 1. The standard InChI is InChI=1S/C22H21ClIN3O3/c23-16-7-5-15(6-8-16)22-25-20(30-26-22)13-27(18-3-1-2-4-18)21(28)14-29-19-11-9-17(24)10-12-19/h5-12,18H,1-4,13-14H2. The Kier molecular flexibility index (Phi) is 6.89. The van der Waals surface area contributed by atoms with Crippen molar-refractivity contribution in [3.8, 4) is 17.1 Å². The first-order valence-electron chi connectivity index (χ1n) is 9.85. The van der Waals surface area contributed by atoms with Crippen LogP contribution in [0.4, 0.5) is 0 Å². The first kappa shape index (κ1) is 21.1. The van der Waals surface area contributed by atoms with Gasteiger partial charge < -0.3 is 14.2 Å². The summed E-state index contributed by atoms with van der Waals surface area (Å²) < 4.78 is 12.3. The zero-order chi connectivity index (χ0) is 20.9. The highest BCUT2D eigenvalue weighted by Crippen LogP contribution is 2.26. The van der Waals surface area contributed by atoms with E-state index in [2.05, 4.69) is 32.7 Å². The Morgan fingerprint density at radius 2 is 1.83 bits per heavy atom. The molecule has 8 heteroatoms. The van der Waals surface area contributed by atoms with Crippen LogP contribution in [0.15, 0.2) is 53.1 Å². The van der Waals surface area contributed by atoms with Crippen LogP contribution in [0.5, 0.6) is 5.75 Å². The number of rotatable bonds is 7. The zero-order valence-electron chi connectivity index (χ0n) is 16.3. The fraction of sp³-hybridized carbons (Fsp3) is 0.318. The van der Waals surface area contributed by atoms with E-state index in [1.54, 1.807) is 12.1 Å². The molecule has 6 nitrogen and oxygen atoms in total. The maximum Gasteiger partial charge on any atom is 0.261 e. The molecule has 1 aromatic heterocycles. The first-order valence-corrected chi connectivity index (χ1v) is 11.3. The summed E-state index contributed by atoms with van der Waals surface area (Å²) >= 11 is 8.18. The van der Waals surface area contributed by atoms with E-state index in [9.17, 15) is 4.79 Å². The zero-order valence-corrected chi connectivity index (χ0v) is 19.2. The molecule has 0 aliphatic heterocycles. The van der Waals surface area contributed by atoms with Crippen molar-refractivity contribution in [3.05, 3.63) is 63.0 Å². The minimum absolute atomic E-state index is 0.0186. The minimum Gasteiger partial charge on any atom is -0.484 e. The molecule has 0 spiro atoms. The number of ether oxygens (including phenoxy) is 1. The van der Waals surface area contributed by atoms with Gasteiger partial charge in [0.15, 0.2) is 6.61 Å². The van der Waals surface area contributed by atoms with Crippen LogP contribution in [0, 0.1) is 3.57 Å². The van der Waals surface area contributed by atoms with Crippen LogP contribution in [0.1, 0.15) is 31.6 Å². The van der Waals surface area contributed by atoms with Crippen LogP contribution in [-0.4, -0.2) is 33.6 Å². The van der Waals surface area contributed by atoms with Crippen molar-refractivity contribution < 1.29 is 14.1 Å². The molecule has 0 saturated heterocycles. The van der Waals surface area contributed by atoms with Gasteiger partial charge in [0.25, 0.3) is 5.91 Å². The van der Waals surface area contributed by atoms with Crippen LogP contribution in [0.25, 0.3) is 11.4 Å². The Labute approximate surface area is 193 Å². The van der Waals surface area contributed by atoms with Gasteiger partial charge in [0.1, 0.15) is 12.3 Å². The predicted molar refractivity (Wildman–Crippen MR) is 122 cm³/mol. The lowest BCUT2D eigenvalue weighted by molar-refractivity contribution is -0.136. The molecule has 4 rings (SSSR count). The van der Waals surface area contributed by atoms with E-state index in [4.69, 9.17) is 20.9 Å². The summed E-state index contributed by atoms with van der Waals surface area (Å²) in [6, 6.07) is 15.0. The second-order valence-electron chi connectivity index (χ2n) is 7.22. The average molecular weight is 538 g/mol. The molecule has 1 amide bonds. The van der Waals surface area contributed by atoms with E-state index in [1.165, 1.54) is 0 Å². The highest BCUT2D eigenvalue weighted by atomic mass is 127. The van der Waals surface area contributed by atoms with E-state index in [-0.39, 0.29) is 25.1 Å². The van der Waals surface area contributed by atoms with Gasteiger partial charge in [-0.25, -0.2) is 0 Å². The van der Waals surface area contributed by atoms with Crippen molar-refractivity contribution in [2.45, 2.75) is 38.3 Å². The van der Waals surface area contributed by atoms with Crippen molar-refractivity contribution in [2.24, 2.45) is 0 Å². The molecule has 0 atom stereocenters. The molecule has 156 valence electrons. The van der Waals surface area contributed by atoms with E-state index >= 15 is 0 Å². The molecule has 1 fully saturated rings. The van der Waals surface area contributed by atoms with E-state index in [0.717, 1.165) is 34.8 Å². The smallest absolute Gasteiger partial charge is 0.261 e. The molecule has 3 aromatic rings. The molecule has 1 saturated carbocycles. The number of halogens is 2. The Morgan fingerprint density at radius 3 is 2.53 bits per heavy atom. The molecule has 1 aliphatic rings. The molecule has 30 heavy (non-hydrogen) atoms. The van der Waals surface area contributed by atoms with Crippen LogP contribution in [0.3, 0.4) is 0 Å². The summed E-state index contributed by atoms with van der Waals surface area (Å²) in [7, 11) is 0. The number of hydrogen-bond acceptors (Lipinski definition) is 5. The van der Waals surface area contributed by atoms with Crippen molar-refractivity contribution in [2.75, 3.05) is 6.61 Å². The summed E-state index contributed by atoms with van der Waals surface area (Å²) in [5.74, 6) is 1.50. The van der Waals surface area contributed by atoms with Gasteiger partial charge >= 0.3 is 0 Å². The molecule has 0 radical (unpaired) electrons. The fourth-order valence-electron chi connectivity index (χ4n) is 3.58. The first-order chi connectivity index (χ1) is 14.6. The Hall–Kier alpha value is -2.13. The van der Waals surface area contributed by atoms with Crippen molar-refractivity contribution >= 4 is 40.1 Å². The van der Waals surface area contributed by atoms with Crippen LogP contribution in [-0.2, 0) is 11.3 Å². The second-order valence-corrected chi connectivity index (χ2v) is 8.90. The largest absolute Gasteiger partial charge is 0.484 e. The third-order valence-corrected chi connectivity index (χ3v) is 6.11. The molecule has 1 aliphatic carbocycles. The maximum atomic E-state index is 13.0. The molecule has 2 aromatic carbocycles. The fourth-order valence-corrected chi connectivity index (χ4v) is 4.06. The summed E-state index contributed by atoms with van der Waals surface area (Å²) in [6.07, 6.45) is 4.19. The molecule has 0 bridgehead atoms. The normalized spacial score (nSPS) is 14.1. The Bertz CT molecular complexity index is 986. The maximum absolute atomic E-state index is 13.0. The lowest BCUT2D eigenvalue weighted by Gasteiger charge is -2.27. The summed E-state index contributed by atoms with van der Waals surface area (Å²) in [4.78, 5) is 19.3. The number of aromatic nitrogens is 2. The van der Waals surface area contributed by atoms with Gasteiger partial charge in [0, 0.05) is 20.2 Å². The molecule has 1 heterocycles. The van der Waals surface area contributed by atoms with Gasteiger partial charge in [-0.15, -0.1) is 0 Å². The van der Waals surface area contributed by atoms with Gasteiger partial charge in [-0.05, 0) is 84.0 Å². The molecular formula is C22H21ClIN3O3. The lowest BCUT2D eigenvalue weighted by Crippen LogP contribution is -2.41. The third-order valence-electron chi connectivity index (χ3n) is 5.14. The highest BCUT2D eigenvalue weighted by Gasteiger charge is 2.28. The van der Waals surface area contributed by atoms with Crippen LogP contribution < -0.4 is 4.74 Å². The number of hydrogen-bond donors (Lipinski definition) is 0. The molecule has 0 unspecified atom stereocenters. The number of benzene rings is 2. The summed E-state index contributed by atoms with van der Waals surface area (Å²) in [5, 5.41) is 4.70. The Morgan fingerprint density at radius 1 is 1.13 bits per heavy atom. The SMILES string of the molecule is O=C(COc1ccc(I)cc1)N(Cc1nc(-c2ccc(Cl)cc2)no1)C1CCCC1. The van der Waals surface area contributed by atoms with Gasteiger partial charge in [-0.2, -0.15) is 4.98 Å². The Balaban J connectivity index is 1.45. The number of carbonyl (C=O) groups excluding carboxylic acids is 1. The second kappa shape index (κ2) is 9.78. The van der Waals surface area contributed by atoms with Gasteiger partial charge in [-0.3, -0.25) is 4.79 Å². The minimum atomic E-state index is -0.0771. The van der Waals surface area contributed by atoms with E-state index < -0.39 is 0 Å². The number of nitrogens with zero attached hydrogens (tertiary/aromatic N) is 3. The topological polar surface area (TPSA) is 68.5 Å². The van der Waals surface area contributed by atoms with Crippen LogP contribution in [0.2, 0.25) is 5.02 Å².